The van der Waals surface area contributed by atoms with Gasteiger partial charge < -0.3 is 14.6 Å². The predicted molar refractivity (Wildman–Crippen MR) is 110 cm³/mol. The molecule has 0 atom stereocenters. The van der Waals surface area contributed by atoms with Gasteiger partial charge >= 0.3 is 6.18 Å². The molecule has 0 saturated carbocycles. The number of alkyl halides is 3. The molecule has 10 heteroatoms. The first kappa shape index (κ1) is 20.7. The van der Waals surface area contributed by atoms with Crippen molar-refractivity contribution in [1.82, 2.24) is 9.38 Å². The Hall–Kier alpha value is -3.53. The fourth-order valence-corrected chi connectivity index (χ4v) is 4.03. The van der Waals surface area contributed by atoms with Crippen molar-refractivity contribution in [2.24, 2.45) is 0 Å². The van der Waals surface area contributed by atoms with Gasteiger partial charge in [0.05, 0.1) is 30.0 Å². The standard InChI is InChI=1S/C21H15F3N2O4S/c1-29-15-6-11(7-16(30-2)18(15)27)8-17-19(28)26-10-14(25-20(26)31-17)12-4-3-5-13(9-12)21(22,23)24/h3-10,27H,1-2H3. The lowest BCUT2D eigenvalue weighted by Gasteiger charge is -2.09. The molecule has 4 rings (SSSR count). The average molecular weight is 448 g/mol. The molecule has 0 unspecified atom stereocenters. The Labute approximate surface area is 177 Å². The van der Waals surface area contributed by atoms with Crippen molar-refractivity contribution in [3.63, 3.8) is 0 Å². The SMILES string of the molecule is COc1cc(C=c2sc3nc(-c4cccc(C(F)(F)F)c4)cn3c2=O)cc(OC)c1O. The van der Waals surface area contributed by atoms with E-state index in [2.05, 4.69) is 4.98 Å². The molecule has 0 aliphatic heterocycles. The highest BCUT2D eigenvalue weighted by molar-refractivity contribution is 7.15. The first-order valence-electron chi connectivity index (χ1n) is 8.87. The third-order valence-electron chi connectivity index (χ3n) is 4.59. The van der Waals surface area contributed by atoms with Gasteiger partial charge in [-0.3, -0.25) is 9.20 Å². The largest absolute Gasteiger partial charge is 0.502 e. The number of hydrogen-bond acceptors (Lipinski definition) is 6. The molecule has 0 amide bonds. The second kappa shape index (κ2) is 7.62. The molecule has 160 valence electrons. The maximum Gasteiger partial charge on any atom is 0.416 e. The summed E-state index contributed by atoms with van der Waals surface area (Å²) in [4.78, 5) is 17.5. The highest BCUT2D eigenvalue weighted by Crippen LogP contribution is 2.37. The maximum absolute atomic E-state index is 13.0. The molecule has 2 aromatic heterocycles. The van der Waals surface area contributed by atoms with E-state index in [1.165, 1.54) is 36.9 Å². The minimum atomic E-state index is -4.47. The molecular formula is C21H15F3N2O4S. The number of phenols is 1. The van der Waals surface area contributed by atoms with Gasteiger partial charge in [0.1, 0.15) is 0 Å². The lowest BCUT2D eigenvalue weighted by molar-refractivity contribution is -0.137. The second-order valence-corrected chi connectivity index (χ2v) is 7.56. The number of aromatic nitrogens is 2. The van der Waals surface area contributed by atoms with Gasteiger partial charge in [-0.1, -0.05) is 23.5 Å². The lowest BCUT2D eigenvalue weighted by atomic mass is 10.1. The average Bonchev–Trinajstić information content (AvgIpc) is 3.28. The van der Waals surface area contributed by atoms with E-state index in [9.17, 15) is 23.1 Å². The zero-order chi connectivity index (χ0) is 22.3. The van der Waals surface area contributed by atoms with Gasteiger partial charge in [-0.25, -0.2) is 4.98 Å². The van der Waals surface area contributed by atoms with Gasteiger partial charge in [-0.15, -0.1) is 0 Å². The number of benzene rings is 2. The van der Waals surface area contributed by atoms with E-state index in [1.54, 1.807) is 18.2 Å². The van der Waals surface area contributed by atoms with Crippen molar-refractivity contribution in [1.29, 1.82) is 0 Å². The van der Waals surface area contributed by atoms with E-state index in [0.29, 0.717) is 15.1 Å². The number of fused-ring (bicyclic) bond motifs is 1. The third kappa shape index (κ3) is 3.81. The van der Waals surface area contributed by atoms with Gasteiger partial charge in [0.15, 0.2) is 16.5 Å². The molecule has 2 aromatic carbocycles. The smallest absolute Gasteiger partial charge is 0.416 e. The molecule has 6 nitrogen and oxygen atoms in total. The Balaban J connectivity index is 1.78. The van der Waals surface area contributed by atoms with Crippen molar-refractivity contribution in [3.8, 4) is 28.5 Å². The summed E-state index contributed by atoms with van der Waals surface area (Å²) in [5.41, 5.74) is -0.0477. The summed E-state index contributed by atoms with van der Waals surface area (Å²) in [6, 6.07) is 7.89. The predicted octanol–water partition coefficient (Wildman–Crippen LogP) is 3.71. The van der Waals surface area contributed by atoms with Crippen LogP contribution in [0.2, 0.25) is 0 Å². The van der Waals surface area contributed by atoms with E-state index in [1.807, 2.05) is 0 Å². The van der Waals surface area contributed by atoms with Crippen LogP contribution in [0.25, 0.3) is 22.3 Å². The van der Waals surface area contributed by atoms with Crippen LogP contribution in [0.1, 0.15) is 11.1 Å². The number of ether oxygens (including phenoxy) is 2. The van der Waals surface area contributed by atoms with E-state index < -0.39 is 11.7 Å². The van der Waals surface area contributed by atoms with Crippen LogP contribution in [0.3, 0.4) is 0 Å². The quantitative estimate of drug-likeness (QED) is 0.515. The third-order valence-corrected chi connectivity index (χ3v) is 5.57. The van der Waals surface area contributed by atoms with Crippen LogP contribution in [-0.2, 0) is 6.18 Å². The Morgan fingerprint density at radius 1 is 1.13 bits per heavy atom. The Morgan fingerprint density at radius 3 is 2.39 bits per heavy atom. The first-order valence-corrected chi connectivity index (χ1v) is 9.69. The van der Waals surface area contributed by atoms with E-state index in [4.69, 9.17) is 9.47 Å². The second-order valence-electron chi connectivity index (χ2n) is 6.55. The van der Waals surface area contributed by atoms with Crippen molar-refractivity contribution < 1.29 is 27.8 Å². The zero-order valence-corrected chi connectivity index (χ0v) is 17.0. The molecule has 0 aliphatic rings. The summed E-state index contributed by atoms with van der Waals surface area (Å²) < 4.78 is 50.8. The molecule has 0 aliphatic carbocycles. The molecule has 0 fully saturated rings. The minimum Gasteiger partial charge on any atom is -0.502 e. The Kier molecular flexibility index (Phi) is 5.10. The van der Waals surface area contributed by atoms with Crippen molar-refractivity contribution in [2.75, 3.05) is 14.2 Å². The number of methoxy groups -OCH3 is 2. The van der Waals surface area contributed by atoms with E-state index >= 15 is 0 Å². The number of nitrogens with zero attached hydrogens (tertiary/aromatic N) is 2. The number of phenolic OH excluding ortho intramolecular Hbond substituents is 1. The van der Waals surface area contributed by atoms with E-state index in [-0.39, 0.29) is 34.1 Å². The molecule has 31 heavy (non-hydrogen) atoms. The fraction of sp³-hybridized carbons (Fsp3) is 0.143. The molecule has 0 bridgehead atoms. The summed E-state index contributed by atoms with van der Waals surface area (Å²) in [5.74, 6) is 0.216. The topological polar surface area (TPSA) is 73.1 Å². The highest BCUT2D eigenvalue weighted by Gasteiger charge is 2.30. The normalized spacial score (nSPS) is 12.5. The van der Waals surface area contributed by atoms with Crippen LogP contribution < -0.4 is 19.6 Å². The van der Waals surface area contributed by atoms with Crippen LogP contribution in [0.15, 0.2) is 47.4 Å². The van der Waals surface area contributed by atoms with Gasteiger partial charge in [0, 0.05) is 11.8 Å². The van der Waals surface area contributed by atoms with Crippen LogP contribution in [0.4, 0.5) is 13.2 Å². The number of imidazole rings is 1. The van der Waals surface area contributed by atoms with Crippen LogP contribution in [-0.4, -0.2) is 28.7 Å². The molecule has 2 heterocycles. The van der Waals surface area contributed by atoms with Crippen LogP contribution in [0.5, 0.6) is 17.2 Å². The molecule has 0 radical (unpaired) electrons. The molecule has 0 spiro atoms. The molecule has 4 aromatic rings. The Bertz CT molecular complexity index is 1370. The number of hydrogen-bond donors (Lipinski definition) is 1. The van der Waals surface area contributed by atoms with Crippen molar-refractivity contribution in [2.45, 2.75) is 6.18 Å². The lowest BCUT2D eigenvalue weighted by Crippen LogP contribution is -2.22. The highest BCUT2D eigenvalue weighted by atomic mass is 32.1. The number of thiazole rings is 1. The summed E-state index contributed by atoms with van der Waals surface area (Å²) >= 11 is 1.09. The fourth-order valence-electron chi connectivity index (χ4n) is 3.08. The van der Waals surface area contributed by atoms with Gasteiger partial charge in [0.25, 0.3) is 5.56 Å². The number of halogens is 3. The molecule has 1 N–H and O–H groups in total. The van der Waals surface area contributed by atoms with Gasteiger partial charge in [0.2, 0.25) is 5.75 Å². The van der Waals surface area contributed by atoms with Crippen LogP contribution in [0, 0.1) is 0 Å². The summed E-state index contributed by atoms with van der Waals surface area (Å²) in [6.45, 7) is 0. The summed E-state index contributed by atoms with van der Waals surface area (Å²) in [7, 11) is 2.79. The first-order chi connectivity index (χ1) is 14.7. The van der Waals surface area contributed by atoms with Crippen molar-refractivity contribution >= 4 is 22.4 Å². The van der Waals surface area contributed by atoms with Crippen molar-refractivity contribution in [3.05, 3.63) is 68.6 Å². The van der Waals surface area contributed by atoms with E-state index in [0.717, 1.165) is 23.5 Å². The van der Waals surface area contributed by atoms with Gasteiger partial charge in [-0.05, 0) is 35.9 Å². The molecule has 0 saturated heterocycles. The summed E-state index contributed by atoms with van der Waals surface area (Å²) in [5, 5.41) is 10.0. The Morgan fingerprint density at radius 2 is 1.81 bits per heavy atom. The summed E-state index contributed by atoms with van der Waals surface area (Å²) in [6.07, 6.45) is -1.46. The monoisotopic (exact) mass is 448 g/mol. The zero-order valence-electron chi connectivity index (χ0n) is 16.2. The number of aromatic hydroxyl groups is 1. The molecular weight excluding hydrogens is 433 g/mol. The number of rotatable bonds is 4. The maximum atomic E-state index is 13.0. The van der Waals surface area contributed by atoms with Gasteiger partial charge in [-0.2, -0.15) is 13.2 Å². The minimum absolute atomic E-state index is 0.156. The van der Waals surface area contributed by atoms with Crippen LogP contribution >= 0.6 is 11.3 Å².